The zero-order chi connectivity index (χ0) is 20.6. The predicted octanol–water partition coefficient (Wildman–Crippen LogP) is 1.38. The average Bonchev–Trinajstić information content (AvgIpc) is 3.10. The highest BCUT2D eigenvalue weighted by Crippen LogP contribution is 2.33. The number of anilines is 1. The van der Waals surface area contributed by atoms with Gasteiger partial charge in [0.15, 0.2) is 0 Å². The zero-order valence-electron chi connectivity index (χ0n) is 15.2. The van der Waals surface area contributed by atoms with Crippen molar-refractivity contribution in [3.63, 3.8) is 0 Å². The van der Waals surface area contributed by atoms with Crippen molar-refractivity contribution in [3.8, 4) is 0 Å². The van der Waals surface area contributed by atoms with Crippen LogP contribution in [0, 0.1) is 0 Å². The van der Waals surface area contributed by atoms with Gasteiger partial charge in [0.2, 0.25) is 5.91 Å². The molecular weight excluding hydrogens is 389 g/mol. The van der Waals surface area contributed by atoms with Gasteiger partial charge in [0.1, 0.15) is 24.2 Å². The SMILES string of the molecule is O=C(NCC(F)(F)F)C1C=CC2=C(N1)N(C(=O)Nc1ccccn1)C1CCN2C1. The average molecular weight is 408 g/mol. The van der Waals surface area contributed by atoms with E-state index in [-0.39, 0.29) is 6.04 Å². The number of halogens is 3. The van der Waals surface area contributed by atoms with Crippen molar-refractivity contribution in [1.82, 2.24) is 25.4 Å². The largest absolute Gasteiger partial charge is 0.405 e. The van der Waals surface area contributed by atoms with Gasteiger partial charge in [-0.3, -0.25) is 15.0 Å². The first-order chi connectivity index (χ1) is 13.8. The van der Waals surface area contributed by atoms with E-state index in [1.54, 1.807) is 30.5 Å². The lowest BCUT2D eigenvalue weighted by atomic mass is 10.1. The standard InChI is InChI=1S/C18H19F3N6O2/c19-18(20,21)10-23-16(28)12-4-5-13-15(24-12)27(11-6-8-26(13)9-11)17(29)25-14-3-1-2-7-22-14/h1-5,7,11-12,24H,6,8-10H2,(H,23,28)(H,22,25,29). The molecule has 2 atom stereocenters. The summed E-state index contributed by atoms with van der Waals surface area (Å²) in [6.07, 6.45) is 0.965. The molecular formula is C18H19F3N6O2. The molecule has 29 heavy (non-hydrogen) atoms. The first kappa shape index (κ1) is 19.1. The Kier molecular flexibility index (Phi) is 4.81. The van der Waals surface area contributed by atoms with Crippen molar-refractivity contribution in [2.45, 2.75) is 24.7 Å². The molecule has 4 heterocycles. The van der Waals surface area contributed by atoms with Crippen LogP contribution in [0.2, 0.25) is 0 Å². The Balaban J connectivity index is 1.53. The molecule has 4 rings (SSSR count). The Labute approximate surface area is 164 Å². The molecule has 11 heteroatoms. The minimum Gasteiger partial charge on any atom is -0.366 e. The van der Waals surface area contributed by atoms with Crippen LogP contribution in [0.15, 0.2) is 48.1 Å². The molecule has 3 N–H and O–H groups in total. The second-order valence-electron chi connectivity index (χ2n) is 6.95. The second kappa shape index (κ2) is 7.30. The van der Waals surface area contributed by atoms with E-state index in [9.17, 15) is 22.8 Å². The summed E-state index contributed by atoms with van der Waals surface area (Å²) in [6.45, 7) is -0.0262. The molecule has 154 valence electrons. The molecule has 1 fully saturated rings. The maximum absolute atomic E-state index is 13.0. The predicted molar refractivity (Wildman–Crippen MR) is 97.2 cm³/mol. The van der Waals surface area contributed by atoms with Crippen molar-refractivity contribution in [3.05, 3.63) is 48.1 Å². The molecule has 0 aromatic carbocycles. The summed E-state index contributed by atoms with van der Waals surface area (Å²) in [6, 6.07) is 3.57. The van der Waals surface area contributed by atoms with Crippen LogP contribution in [-0.4, -0.2) is 64.6 Å². The van der Waals surface area contributed by atoms with Crippen LogP contribution >= 0.6 is 0 Å². The van der Waals surface area contributed by atoms with Gasteiger partial charge >= 0.3 is 12.2 Å². The van der Waals surface area contributed by atoms with Crippen LogP contribution in [0.4, 0.5) is 23.8 Å². The lowest BCUT2D eigenvalue weighted by Gasteiger charge is -2.40. The number of urea groups is 1. The fourth-order valence-corrected chi connectivity index (χ4v) is 3.66. The Morgan fingerprint density at radius 2 is 2.14 bits per heavy atom. The monoisotopic (exact) mass is 408 g/mol. The number of rotatable bonds is 3. The lowest BCUT2D eigenvalue weighted by Crippen LogP contribution is -2.56. The number of nitrogens with zero attached hydrogens (tertiary/aromatic N) is 3. The number of aromatic nitrogens is 1. The van der Waals surface area contributed by atoms with Crippen LogP contribution in [0.5, 0.6) is 0 Å². The molecule has 3 amide bonds. The minimum absolute atomic E-state index is 0.115. The normalized spacial score (nSPS) is 22.9. The Morgan fingerprint density at radius 3 is 2.86 bits per heavy atom. The summed E-state index contributed by atoms with van der Waals surface area (Å²) in [5, 5.41) is 7.52. The van der Waals surface area contributed by atoms with E-state index in [0.717, 1.165) is 18.7 Å². The third-order valence-corrected chi connectivity index (χ3v) is 4.96. The minimum atomic E-state index is -4.50. The van der Waals surface area contributed by atoms with Crippen LogP contribution in [-0.2, 0) is 4.79 Å². The maximum Gasteiger partial charge on any atom is 0.405 e. The number of nitrogens with one attached hydrogen (secondary N) is 3. The highest BCUT2D eigenvalue weighted by molar-refractivity contribution is 5.91. The van der Waals surface area contributed by atoms with E-state index in [0.29, 0.717) is 18.2 Å². The number of alkyl halides is 3. The zero-order valence-corrected chi connectivity index (χ0v) is 15.2. The molecule has 2 bridgehead atoms. The number of carbonyl (C=O) groups is 2. The van der Waals surface area contributed by atoms with E-state index < -0.39 is 30.7 Å². The molecule has 0 saturated carbocycles. The Morgan fingerprint density at radius 1 is 1.31 bits per heavy atom. The van der Waals surface area contributed by atoms with E-state index in [1.165, 1.54) is 11.0 Å². The van der Waals surface area contributed by atoms with Crippen molar-refractivity contribution in [1.29, 1.82) is 0 Å². The number of amides is 3. The van der Waals surface area contributed by atoms with Gasteiger partial charge in [-0.05, 0) is 24.6 Å². The first-order valence-electron chi connectivity index (χ1n) is 9.11. The highest BCUT2D eigenvalue weighted by Gasteiger charge is 2.42. The topological polar surface area (TPSA) is 89.6 Å². The molecule has 3 aliphatic rings. The molecule has 1 aromatic heterocycles. The van der Waals surface area contributed by atoms with Crippen LogP contribution in [0.1, 0.15) is 6.42 Å². The number of dihydropyridines is 1. The summed E-state index contributed by atoms with van der Waals surface area (Å²) in [5.41, 5.74) is 0.731. The van der Waals surface area contributed by atoms with Crippen molar-refractivity contribution < 1.29 is 22.8 Å². The lowest BCUT2D eigenvalue weighted by molar-refractivity contribution is -0.138. The number of allylic oxidation sites excluding steroid dienone is 1. The van der Waals surface area contributed by atoms with Gasteiger partial charge in [0, 0.05) is 19.3 Å². The number of pyridine rings is 1. The number of hydrogen-bond donors (Lipinski definition) is 3. The van der Waals surface area contributed by atoms with Crippen molar-refractivity contribution in [2.24, 2.45) is 0 Å². The summed E-state index contributed by atoms with van der Waals surface area (Å²) in [5.74, 6) is -0.0316. The van der Waals surface area contributed by atoms with E-state index in [4.69, 9.17) is 0 Å². The smallest absolute Gasteiger partial charge is 0.366 e. The summed E-state index contributed by atoms with van der Waals surface area (Å²) in [4.78, 5) is 32.8. The summed E-state index contributed by atoms with van der Waals surface area (Å²) in [7, 11) is 0. The highest BCUT2D eigenvalue weighted by atomic mass is 19.4. The second-order valence-corrected chi connectivity index (χ2v) is 6.95. The van der Waals surface area contributed by atoms with Crippen molar-refractivity contribution >= 4 is 17.8 Å². The molecule has 8 nitrogen and oxygen atoms in total. The molecule has 1 aromatic rings. The van der Waals surface area contributed by atoms with Crippen LogP contribution < -0.4 is 16.0 Å². The fraction of sp³-hybridized carbons (Fsp3) is 0.389. The van der Waals surface area contributed by atoms with E-state index >= 15 is 0 Å². The molecule has 0 spiro atoms. The van der Waals surface area contributed by atoms with Gasteiger partial charge in [-0.15, -0.1) is 0 Å². The maximum atomic E-state index is 13.0. The van der Waals surface area contributed by atoms with Crippen molar-refractivity contribution in [2.75, 3.05) is 25.0 Å². The van der Waals surface area contributed by atoms with Gasteiger partial charge in [-0.25, -0.2) is 9.78 Å². The van der Waals surface area contributed by atoms with Crippen LogP contribution in [0.25, 0.3) is 0 Å². The van der Waals surface area contributed by atoms with E-state index in [1.807, 2.05) is 5.32 Å². The number of fused-ring (bicyclic) bond motifs is 3. The summed E-state index contributed by atoms with van der Waals surface area (Å²) < 4.78 is 37.2. The Bertz CT molecular complexity index is 870. The molecule has 0 radical (unpaired) electrons. The molecule has 2 unspecified atom stereocenters. The van der Waals surface area contributed by atoms with Gasteiger partial charge in [0.25, 0.3) is 0 Å². The summed E-state index contributed by atoms with van der Waals surface area (Å²) >= 11 is 0. The fourth-order valence-electron chi connectivity index (χ4n) is 3.66. The molecule has 3 aliphatic heterocycles. The van der Waals surface area contributed by atoms with Gasteiger partial charge < -0.3 is 15.5 Å². The third kappa shape index (κ3) is 3.98. The van der Waals surface area contributed by atoms with Gasteiger partial charge in [0.05, 0.1) is 11.7 Å². The van der Waals surface area contributed by atoms with Gasteiger partial charge in [-0.2, -0.15) is 13.2 Å². The van der Waals surface area contributed by atoms with Gasteiger partial charge in [-0.1, -0.05) is 12.1 Å². The number of carbonyl (C=O) groups excluding carboxylic acids is 2. The number of hydrogen-bond acceptors (Lipinski definition) is 5. The Hall–Kier alpha value is -3.24. The van der Waals surface area contributed by atoms with E-state index in [2.05, 4.69) is 20.5 Å². The molecule has 1 saturated heterocycles. The quantitative estimate of drug-likeness (QED) is 0.703. The molecule has 0 aliphatic carbocycles. The first-order valence-corrected chi connectivity index (χ1v) is 9.11. The third-order valence-electron chi connectivity index (χ3n) is 4.96. The van der Waals surface area contributed by atoms with Crippen LogP contribution in [0.3, 0.4) is 0 Å².